The van der Waals surface area contributed by atoms with E-state index < -0.39 is 0 Å². The van der Waals surface area contributed by atoms with Gasteiger partial charge in [0.1, 0.15) is 0 Å². The minimum atomic E-state index is 0.299. The van der Waals surface area contributed by atoms with Crippen molar-refractivity contribution in [2.75, 3.05) is 24.6 Å². The van der Waals surface area contributed by atoms with Crippen LogP contribution in [0.4, 0.5) is 5.69 Å². The first kappa shape index (κ1) is 10.9. The maximum Gasteiger partial charge on any atom is 0.0721 e. The van der Waals surface area contributed by atoms with Crippen molar-refractivity contribution in [3.63, 3.8) is 0 Å². The predicted octanol–water partition coefficient (Wildman–Crippen LogP) is 2.46. The summed E-state index contributed by atoms with van der Waals surface area (Å²) in [5.74, 6) is 0. The van der Waals surface area contributed by atoms with Crippen molar-refractivity contribution >= 4 is 21.6 Å². The standard InChI is InChI=1S/C11H15BrN2O/c1-9-8-14(5-2-6-15-9)11-3-4-13-7-10(11)12/h3-4,7,9H,2,5-6,8H2,1H3. The summed E-state index contributed by atoms with van der Waals surface area (Å²) in [5, 5.41) is 0. The number of rotatable bonds is 1. The van der Waals surface area contributed by atoms with Gasteiger partial charge in [0.15, 0.2) is 0 Å². The first-order valence-electron chi connectivity index (χ1n) is 5.23. The molecule has 0 spiro atoms. The average molecular weight is 271 g/mol. The van der Waals surface area contributed by atoms with Crippen LogP contribution in [0.15, 0.2) is 22.9 Å². The number of aromatic nitrogens is 1. The van der Waals surface area contributed by atoms with Gasteiger partial charge in [-0.2, -0.15) is 0 Å². The molecule has 1 atom stereocenters. The molecule has 1 aliphatic rings. The molecule has 0 aliphatic carbocycles. The molecule has 0 amide bonds. The van der Waals surface area contributed by atoms with Gasteiger partial charge in [-0.3, -0.25) is 4.98 Å². The van der Waals surface area contributed by atoms with Gasteiger partial charge in [0.05, 0.1) is 16.3 Å². The normalized spacial score (nSPS) is 22.5. The van der Waals surface area contributed by atoms with E-state index in [-0.39, 0.29) is 0 Å². The quantitative estimate of drug-likeness (QED) is 0.784. The fraction of sp³-hybridized carbons (Fsp3) is 0.545. The highest BCUT2D eigenvalue weighted by molar-refractivity contribution is 9.10. The van der Waals surface area contributed by atoms with Crippen molar-refractivity contribution in [2.45, 2.75) is 19.4 Å². The van der Waals surface area contributed by atoms with E-state index in [1.165, 1.54) is 5.69 Å². The highest BCUT2D eigenvalue weighted by Crippen LogP contribution is 2.26. The Balaban J connectivity index is 2.18. The third-order valence-corrected chi connectivity index (χ3v) is 3.15. The number of halogens is 1. The Kier molecular flexibility index (Phi) is 3.59. The van der Waals surface area contributed by atoms with Gasteiger partial charge in [0.25, 0.3) is 0 Å². The monoisotopic (exact) mass is 270 g/mol. The Morgan fingerprint density at radius 1 is 1.60 bits per heavy atom. The van der Waals surface area contributed by atoms with Crippen LogP contribution in [0.2, 0.25) is 0 Å². The van der Waals surface area contributed by atoms with Gasteiger partial charge in [-0.15, -0.1) is 0 Å². The van der Waals surface area contributed by atoms with E-state index in [4.69, 9.17) is 4.74 Å². The van der Waals surface area contributed by atoms with Gasteiger partial charge in [0.2, 0.25) is 0 Å². The SMILES string of the molecule is CC1CN(c2ccncc2Br)CCCO1. The number of pyridine rings is 1. The minimum Gasteiger partial charge on any atom is -0.377 e. The zero-order valence-corrected chi connectivity index (χ0v) is 10.4. The number of nitrogens with zero attached hydrogens (tertiary/aromatic N) is 2. The lowest BCUT2D eigenvalue weighted by Gasteiger charge is -2.25. The molecule has 0 saturated carbocycles. The first-order chi connectivity index (χ1) is 7.27. The Morgan fingerprint density at radius 3 is 3.27 bits per heavy atom. The van der Waals surface area contributed by atoms with E-state index in [0.717, 1.165) is 30.6 Å². The molecule has 3 nitrogen and oxygen atoms in total. The van der Waals surface area contributed by atoms with E-state index in [0.29, 0.717) is 6.10 Å². The zero-order chi connectivity index (χ0) is 10.7. The van der Waals surface area contributed by atoms with Crippen molar-refractivity contribution in [3.05, 3.63) is 22.9 Å². The molecule has 0 bridgehead atoms. The largest absolute Gasteiger partial charge is 0.377 e. The summed E-state index contributed by atoms with van der Waals surface area (Å²) in [4.78, 5) is 6.43. The van der Waals surface area contributed by atoms with Crippen LogP contribution in [0, 0.1) is 0 Å². The predicted molar refractivity (Wildman–Crippen MR) is 64.2 cm³/mol. The molecular formula is C11H15BrN2O. The Bertz CT molecular complexity index is 332. The summed E-state index contributed by atoms with van der Waals surface area (Å²) in [7, 11) is 0. The second-order valence-corrected chi connectivity index (χ2v) is 4.66. The highest BCUT2D eigenvalue weighted by Gasteiger charge is 2.16. The lowest BCUT2D eigenvalue weighted by Crippen LogP contribution is -2.30. The maximum absolute atomic E-state index is 5.62. The average Bonchev–Trinajstić information content (AvgIpc) is 2.43. The zero-order valence-electron chi connectivity index (χ0n) is 8.82. The van der Waals surface area contributed by atoms with Gasteiger partial charge in [0, 0.05) is 32.1 Å². The highest BCUT2D eigenvalue weighted by atomic mass is 79.9. The molecule has 0 aromatic carbocycles. The Morgan fingerprint density at radius 2 is 2.47 bits per heavy atom. The third-order valence-electron chi connectivity index (χ3n) is 2.54. The van der Waals surface area contributed by atoms with Gasteiger partial charge in [-0.1, -0.05) is 0 Å². The molecule has 1 aromatic heterocycles. The molecule has 2 rings (SSSR count). The molecule has 0 N–H and O–H groups in total. The van der Waals surface area contributed by atoms with Crippen LogP contribution >= 0.6 is 15.9 Å². The fourth-order valence-electron chi connectivity index (χ4n) is 1.84. The molecule has 1 saturated heterocycles. The fourth-order valence-corrected chi connectivity index (χ4v) is 2.34. The van der Waals surface area contributed by atoms with Gasteiger partial charge < -0.3 is 9.64 Å². The van der Waals surface area contributed by atoms with E-state index >= 15 is 0 Å². The number of hydrogen-bond donors (Lipinski definition) is 0. The Hall–Kier alpha value is -0.610. The number of hydrogen-bond acceptors (Lipinski definition) is 3. The summed E-state index contributed by atoms with van der Waals surface area (Å²) in [6, 6.07) is 2.04. The maximum atomic E-state index is 5.62. The molecule has 1 aliphatic heterocycles. The molecule has 82 valence electrons. The molecule has 1 unspecified atom stereocenters. The lowest BCUT2D eigenvalue weighted by molar-refractivity contribution is 0.0821. The lowest BCUT2D eigenvalue weighted by atomic mass is 10.3. The number of anilines is 1. The Labute approximate surface area is 98.6 Å². The van der Waals surface area contributed by atoms with E-state index in [9.17, 15) is 0 Å². The molecule has 1 fully saturated rings. The summed E-state index contributed by atoms with van der Waals surface area (Å²) in [5.41, 5.74) is 1.21. The van der Waals surface area contributed by atoms with Crippen molar-refractivity contribution in [1.29, 1.82) is 0 Å². The summed E-state index contributed by atoms with van der Waals surface area (Å²) < 4.78 is 6.68. The van der Waals surface area contributed by atoms with Crippen LogP contribution < -0.4 is 4.90 Å². The van der Waals surface area contributed by atoms with Crippen molar-refractivity contribution in [3.8, 4) is 0 Å². The molecule has 1 aromatic rings. The summed E-state index contributed by atoms with van der Waals surface area (Å²) in [6.45, 7) is 4.98. The smallest absolute Gasteiger partial charge is 0.0721 e. The van der Waals surface area contributed by atoms with Gasteiger partial charge in [-0.05, 0) is 35.3 Å². The van der Waals surface area contributed by atoms with Gasteiger partial charge in [-0.25, -0.2) is 0 Å². The minimum absolute atomic E-state index is 0.299. The molecular weight excluding hydrogens is 256 g/mol. The van der Waals surface area contributed by atoms with Crippen molar-refractivity contribution in [1.82, 2.24) is 4.98 Å². The van der Waals surface area contributed by atoms with Crippen LogP contribution in [-0.4, -0.2) is 30.8 Å². The van der Waals surface area contributed by atoms with Crippen molar-refractivity contribution < 1.29 is 4.74 Å². The van der Waals surface area contributed by atoms with E-state index in [2.05, 4.69) is 32.7 Å². The second kappa shape index (κ2) is 4.94. The van der Waals surface area contributed by atoms with Gasteiger partial charge >= 0.3 is 0 Å². The topological polar surface area (TPSA) is 25.4 Å². The molecule has 4 heteroatoms. The van der Waals surface area contributed by atoms with E-state index in [1.807, 2.05) is 18.5 Å². The second-order valence-electron chi connectivity index (χ2n) is 3.81. The van der Waals surface area contributed by atoms with Crippen molar-refractivity contribution in [2.24, 2.45) is 0 Å². The molecule has 0 radical (unpaired) electrons. The molecule has 15 heavy (non-hydrogen) atoms. The summed E-state index contributed by atoms with van der Waals surface area (Å²) >= 11 is 3.53. The first-order valence-corrected chi connectivity index (χ1v) is 6.03. The number of ether oxygens (including phenoxy) is 1. The van der Waals surface area contributed by atoms with Crippen LogP contribution in [0.5, 0.6) is 0 Å². The molecule has 2 heterocycles. The van der Waals surface area contributed by atoms with Crippen LogP contribution in [0.3, 0.4) is 0 Å². The van der Waals surface area contributed by atoms with Crippen LogP contribution in [0.1, 0.15) is 13.3 Å². The van der Waals surface area contributed by atoms with Crippen LogP contribution in [-0.2, 0) is 4.74 Å². The van der Waals surface area contributed by atoms with E-state index in [1.54, 1.807) is 0 Å². The van der Waals surface area contributed by atoms with Crippen LogP contribution in [0.25, 0.3) is 0 Å². The summed E-state index contributed by atoms with van der Waals surface area (Å²) in [6.07, 6.45) is 5.05. The third kappa shape index (κ3) is 2.69.